The molecule has 0 atom stereocenters. The first-order valence-corrected chi connectivity index (χ1v) is 4.80. The zero-order valence-corrected chi connectivity index (χ0v) is 9.15. The molecule has 1 aromatic carbocycles. The third kappa shape index (κ3) is 2.68. The molecule has 0 aliphatic heterocycles. The average molecular weight is 245 g/mol. The van der Waals surface area contributed by atoms with E-state index in [1.54, 1.807) is 6.92 Å². The van der Waals surface area contributed by atoms with Crippen molar-refractivity contribution in [3.05, 3.63) is 38.9 Å². The van der Waals surface area contributed by atoms with Crippen LogP contribution in [-0.2, 0) is 4.84 Å². The number of nitro groups is 1. The van der Waals surface area contributed by atoms with E-state index in [1.165, 1.54) is 18.2 Å². The predicted octanol–water partition coefficient (Wildman–Crippen LogP) is 1.93. The molecule has 0 aliphatic carbocycles. The maximum atomic E-state index is 11.5. The molecule has 0 fully saturated rings. The van der Waals surface area contributed by atoms with Gasteiger partial charge >= 0.3 is 5.69 Å². The molecule has 7 heteroatoms. The van der Waals surface area contributed by atoms with E-state index in [4.69, 9.17) is 11.6 Å². The van der Waals surface area contributed by atoms with Crippen LogP contribution in [0.2, 0.25) is 5.02 Å². The van der Waals surface area contributed by atoms with E-state index in [2.05, 4.69) is 10.3 Å². The zero-order valence-electron chi connectivity index (χ0n) is 8.40. The molecule has 1 amide bonds. The van der Waals surface area contributed by atoms with E-state index >= 15 is 0 Å². The number of halogens is 1. The molecule has 0 bridgehead atoms. The van der Waals surface area contributed by atoms with Gasteiger partial charge in [0.15, 0.2) is 0 Å². The first-order valence-electron chi connectivity index (χ1n) is 4.43. The molecule has 0 aliphatic rings. The third-order valence-electron chi connectivity index (χ3n) is 1.72. The number of amides is 1. The number of nitrogens with zero attached hydrogens (tertiary/aromatic N) is 1. The van der Waals surface area contributed by atoms with Crippen LogP contribution in [-0.4, -0.2) is 17.4 Å². The highest BCUT2D eigenvalue weighted by Gasteiger charge is 2.23. The van der Waals surface area contributed by atoms with Crippen LogP contribution in [0, 0.1) is 10.1 Å². The van der Waals surface area contributed by atoms with Crippen LogP contribution in [0.3, 0.4) is 0 Å². The van der Waals surface area contributed by atoms with E-state index in [9.17, 15) is 14.9 Å². The molecule has 0 unspecified atom stereocenters. The maximum Gasteiger partial charge on any atom is 0.300 e. The molecule has 0 heterocycles. The van der Waals surface area contributed by atoms with Gasteiger partial charge in [-0.05, 0) is 19.1 Å². The second-order valence-corrected chi connectivity index (χ2v) is 3.16. The topological polar surface area (TPSA) is 81.5 Å². The van der Waals surface area contributed by atoms with Gasteiger partial charge < -0.3 is 0 Å². The Morgan fingerprint density at radius 3 is 2.88 bits per heavy atom. The molecule has 1 N–H and O–H groups in total. The van der Waals surface area contributed by atoms with Crippen LogP contribution in [0.25, 0.3) is 0 Å². The molecular weight excluding hydrogens is 236 g/mol. The van der Waals surface area contributed by atoms with Crippen molar-refractivity contribution in [3.63, 3.8) is 0 Å². The lowest BCUT2D eigenvalue weighted by atomic mass is 10.2. The summed E-state index contributed by atoms with van der Waals surface area (Å²) in [5.41, 5.74) is 1.51. The number of carbonyl (C=O) groups excluding carboxylic acids is 1. The van der Waals surface area contributed by atoms with Crippen molar-refractivity contribution in [1.82, 2.24) is 5.48 Å². The summed E-state index contributed by atoms with van der Waals surface area (Å²) in [6, 6.07) is 4.10. The number of rotatable bonds is 4. The normalized spacial score (nSPS) is 9.88. The van der Waals surface area contributed by atoms with Crippen molar-refractivity contribution >= 4 is 23.2 Å². The summed E-state index contributed by atoms with van der Waals surface area (Å²) in [6.45, 7) is 1.94. The molecule has 6 nitrogen and oxygen atoms in total. The lowest BCUT2D eigenvalue weighted by Gasteiger charge is -2.05. The summed E-state index contributed by atoms with van der Waals surface area (Å²) in [4.78, 5) is 26.2. The molecule has 86 valence electrons. The Morgan fingerprint density at radius 1 is 1.62 bits per heavy atom. The van der Waals surface area contributed by atoms with Gasteiger partial charge in [0, 0.05) is 0 Å². The number of nitrogens with one attached hydrogen (secondary N) is 1. The van der Waals surface area contributed by atoms with Gasteiger partial charge in [-0.3, -0.25) is 19.7 Å². The Labute approximate surface area is 96.3 Å². The Bertz CT molecular complexity index is 422. The van der Waals surface area contributed by atoms with Gasteiger partial charge in [-0.2, -0.15) is 0 Å². The van der Waals surface area contributed by atoms with E-state index in [1.807, 2.05) is 0 Å². The summed E-state index contributed by atoms with van der Waals surface area (Å²) in [5, 5.41) is 10.6. The van der Waals surface area contributed by atoms with Gasteiger partial charge in [-0.15, -0.1) is 0 Å². The van der Waals surface area contributed by atoms with Crippen LogP contribution in [0.15, 0.2) is 18.2 Å². The molecule has 1 rings (SSSR count). The van der Waals surface area contributed by atoms with Gasteiger partial charge in [0.2, 0.25) is 0 Å². The smallest absolute Gasteiger partial charge is 0.274 e. The number of hydrogen-bond acceptors (Lipinski definition) is 4. The van der Waals surface area contributed by atoms with Gasteiger partial charge in [-0.1, -0.05) is 17.7 Å². The standard InChI is InChI=1S/C9H9ClN2O4/c1-2-16-11-9(13)6-4-3-5-7(10)8(6)12(14)15/h3-5H,2H2,1H3,(H,11,13). The summed E-state index contributed by atoms with van der Waals surface area (Å²) in [6.07, 6.45) is 0. The van der Waals surface area contributed by atoms with Crippen LogP contribution in [0.5, 0.6) is 0 Å². The fraction of sp³-hybridized carbons (Fsp3) is 0.222. The van der Waals surface area contributed by atoms with Crippen LogP contribution >= 0.6 is 11.6 Å². The van der Waals surface area contributed by atoms with Gasteiger partial charge in [0.1, 0.15) is 10.6 Å². The fourth-order valence-corrected chi connectivity index (χ4v) is 1.32. The molecule has 16 heavy (non-hydrogen) atoms. The van der Waals surface area contributed by atoms with Crippen LogP contribution < -0.4 is 5.48 Å². The first kappa shape index (κ1) is 12.4. The molecule has 1 aromatic rings. The second kappa shape index (κ2) is 5.43. The average Bonchev–Trinajstić information content (AvgIpc) is 2.24. The highest BCUT2D eigenvalue weighted by atomic mass is 35.5. The second-order valence-electron chi connectivity index (χ2n) is 2.76. The highest BCUT2D eigenvalue weighted by molar-refractivity contribution is 6.33. The summed E-state index contributed by atoms with van der Waals surface area (Å²) >= 11 is 5.64. The summed E-state index contributed by atoms with van der Waals surface area (Å²) in [5.74, 6) is -0.698. The Kier molecular flexibility index (Phi) is 4.21. The van der Waals surface area contributed by atoms with Crippen molar-refractivity contribution in [1.29, 1.82) is 0 Å². The van der Waals surface area contributed by atoms with Gasteiger partial charge in [0.05, 0.1) is 11.5 Å². The Balaban J connectivity index is 3.08. The molecule has 0 saturated heterocycles. The quantitative estimate of drug-likeness (QED) is 0.648. The van der Waals surface area contributed by atoms with Gasteiger partial charge in [-0.25, -0.2) is 5.48 Å². The monoisotopic (exact) mass is 244 g/mol. The summed E-state index contributed by atoms with van der Waals surface area (Å²) in [7, 11) is 0. The number of nitro benzene ring substituents is 1. The largest absolute Gasteiger partial charge is 0.300 e. The van der Waals surface area contributed by atoms with Crippen LogP contribution in [0.1, 0.15) is 17.3 Å². The maximum absolute atomic E-state index is 11.5. The zero-order chi connectivity index (χ0) is 12.1. The van der Waals surface area contributed by atoms with Crippen molar-refractivity contribution < 1.29 is 14.6 Å². The number of hydrogen-bond donors (Lipinski definition) is 1. The van der Waals surface area contributed by atoms with Crippen LogP contribution in [0.4, 0.5) is 5.69 Å². The minimum atomic E-state index is -0.705. The predicted molar refractivity (Wildman–Crippen MR) is 57.2 cm³/mol. The van der Waals surface area contributed by atoms with Crippen molar-refractivity contribution in [2.75, 3.05) is 6.61 Å². The highest BCUT2D eigenvalue weighted by Crippen LogP contribution is 2.27. The Hall–Kier alpha value is -1.66. The lowest BCUT2D eigenvalue weighted by Crippen LogP contribution is -2.24. The molecule has 0 spiro atoms. The lowest BCUT2D eigenvalue weighted by molar-refractivity contribution is -0.385. The minimum Gasteiger partial charge on any atom is -0.274 e. The first-order chi connectivity index (χ1) is 7.57. The summed E-state index contributed by atoms with van der Waals surface area (Å²) < 4.78 is 0. The van der Waals surface area contributed by atoms with Crippen molar-refractivity contribution in [2.24, 2.45) is 0 Å². The van der Waals surface area contributed by atoms with Crippen molar-refractivity contribution in [2.45, 2.75) is 6.92 Å². The number of carbonyl (C=O) groups is 1. The molecule has 0 saturated carbocycles. The van der Waals surface area contributed by atoms with E-state index in [0.717, 1.165) is 0 Å². The van der Waals surface area contributed by atoms with Crippen molar-refractivity contribution in [3.8, 4) is 0 Å². The van der Waals surface area contributed by atoms with E-state index < -0.39 is 16.5 Å². The number of benzene rings is 1. The number of hydroxylamine groups is 1. The fourth-order valence-electron chi connectivity index (χ4n) is 1.08. The van der Waals surface area contributed by atoms with E-state index in [-0.39, 0.29) is 17.2 Å². The SMILES string of the molecule is CCONC(=O)c1cccc(Cl)c1[N+](=O)[O-]. The Morgan fingerprint density at radius 2 is 2.31 bits per heavy atom. The molecule has 0 aromatic heterocycles. The third-order valence-corrected chi connectivity index (χ3v) is 2.03. The molecular formula is C9H9ClN2O4. The van der Waals surface area contributed by atoms with E-state index in [0.29, 0.717) is 0 Å². The number of para-hydroxylation sites is 1. The van der Waals surface area contributed by atoms with Gasteiger partial charge in [0.25, 0.3) is 5.91 Å². The minimum absolute atomic E-state index is 0.0888. The molecule has 0 radical (unpaired) electrons.